The van der Waals surface area contributed by atoms with Gasteiger partial charge >= 0.3 is 20.1 Å². The van der Waals surface area contributed by atoms with E-state index in [4.69, 9.17) is 4.52 Å². The van der Waals surface area contributed by atoms with Crippen molar-refractivity contribution in [3.63, 3.8) is 0 Å². The van der Waals surface area contributed by atoms with Gasteiger partial charge in [-0.3, -0.25) is 0 Å². The molecule has 1 heterocycles. The van der Waals surface area contributed by atoms with Crippen LogP contribution >= 0.6 is 8.15 Å². The molecule has 1 aromatic rings. The van der Waals surface area contributed by atoms with Crippen LogP contribution < -0.4 is 0 Å². The van der Waals surface area contributed by atoms with Gasteiger partial charge in [0.15, 0.2) is 0 Å². The predicted octanol–water partition coefficient (Wildman–Crippen LogP) is 4.55. The van der Waals surface area contributed by atoms with Crippen LogP contribution in [0.3, 0.4) is 0 Å². The number of benzene rings is 1. The van der Waals surface area contributed by atoms with E-state index in [-0.39, 0.29) is 35.7 Å². The molecule has 1 unspecified atom stereocenters. The molecule has 1 aromatic carbocycles. The molecule has 1 aliphatic heterocycles. The molecule has 110 valence electrons. The molecule has 0 spiro atoms. The van der Waals surface area contributed by atoms with E-state index in [1.54, 1.807) is 7.11 Å². The fourth-order valence-corrected chi connectivity index (χ4v) is 1.66. The number of hydrogen-bond donors (Lipinski definition) is 0. The van der Waals surface area contributed by atoms with Crippen LogP contribution in [-0.2, 0) is 24.6 Å². The van der Waals surface area contributed by atoms with Gasteiger partial charge in [-0.05, 0) is 0 Å². The minimum atomic E-state index is -0.374. The Morgan fingerprint density at radius 2 is 2.00 bits per heavy atom. The van der Waals surface area contributed by atoms with Crippen molar-refractivity contribution in [1.29, 1.82) is 0 Å². The van der Waals surface area contributed by atoms with Crippen LogP contribution in [-0.4, -0.2) is 27.0 Å². The summed E-state index contributed by atoms with van der Waals surface area (Å²) in [6.45, 7) is 5.24. The molecule has 0 bridgehead atoms. The summed E-state index contributed by atoms with van der Waals surface area (Å²) in [6.07, 6.45) is 3.79. The maximum Gasteiger partial charge on any atom is 3.00 e. The quantitative estimate of drug-likeness (QED) is 0.470. The average Bonchev–Trinajstić information content (AvgIpc) is 2.41. The van der Waals surface area contributed by atoms with Gasteiger partial charge in [-0.1, -0.05) is 19.3 Å². The van der Waals surface area contributed by atoms with E-state index in [0.717, 1.165) is 6.54 Å². The molecular formula is C15H26IrNOP+. The van der Waals surface area contributed by atoms with Crippen molar-refractivity contribution in [2.45, 2.75) is 25.3 Å². The zero-order valence-corrected chi connectivity index (χ0v) is 15.8. The van der Waals surface area contributed by atoms with Gasteiger partial charge in [-0.15, -0.1) is 12.6 Å². The van der Waals surface area contributed by atoms with Gasteiger partial charge in [-0.2, -0.15) is 35.9 Å². The molecule has 2 rings (SSSR count). The molecule has 1 fully saturated rings. The summed E-state index contributed by atoms with van der Waals surface area (Å²) in [4.78, 5) is 0. The Labute approximate surface area is 133 Å². The average molecular weight is 460 g/mol. The Balaban J connectivity index is 0. The van der Waals surface area contributed by atoms with E-state index in [9.17, 15) is 0 Å². The fourth-order valence-electron chi connectivity index (χ4n) is 1.66. The number of nitrogens with zero attached hydrogens (tertiary/aromatic N) is 1. The first-order valence-electron chi connectivity index (χ1n) is 6.21. The molecule has 1 atom stereocenters. The molecule has 0 aromatic heterocycles. The van der Waals surface area contributed by atoms with E-state index < -0.39 is 0 Å². The van der Waals surface area contributed by atoms with E-state index in [2.05, 4.69) is 36.8 Å². The number of hydrogen-bond acceptors (Lipinski definition) is 1. The van der Waals surface area contributed by atoms with E-state index in [0.29, 0.717) is 6.04 Å². The molecule has 0 amide bonds. The summed E-state index contributed by atoms with van der Waals surface area (Å²) in [7, 11) is 1.37. The Morgan fingerprint density at radius 1 is 1.32 bits per heavy atom. The minimum absolute atomic E-state index is 0. The number of piperidine rings is 1. The normalized spacial score (nSPS) is 17.6. The summed E-state index contributed by atoms with van der Waals surface area (Å²) in [5.41, 5.74) is 1.26. The first kappa shape index (κ1) is 21.5. The standard InChI is InChI=1S/C11H13N.C3H9OP.CH3.Ir/c1-2-6-10(7-3-1)11-8-4-5-9-12-11;1-4-5(2)3;;/h1-3,6,11H,4-5,8-9H2;1-3H3;1H3;/q-2;;-1;+3/p+1. The van der Waals surface area contributed by atoms with Crippen LogP contribution in [0.2, 0.25) is 0 Å². The second-order valence-electron chi connectivity index (χ2n) is 4.35. The summed E-state index contributed by atoms with van der Waals surface area (Å²) in [6, 6.07) is 11.8. The molecular weight excluding hydrogens is 433 g/mol. The van der Waals surface area contributed by atoms with Gasteiger partial charge in [0.25, 0.3) is 0 Å². The van der Waals surface area contributed by atoms with Gasteiger partial charge in [-0.25, -0.2) is 4.52 Å². The van der Waals surface area contributed by atoms with E-state index in [1.807, 2.05) is 12.1 Å². The molecule has 0 saturated carbocycles. The summed E-state index contributed by atoms with van der Waals surface area (Å²) in [5.74, 6) is 0. The van der Waals surface area contributed by atoms with Gasteiger partial charge in [0, 0.05) is 0 Å². The van der Waals surface area contributed by atoms with Gasteiger partial charge in [0.2, 0.25) is 0 Å². The third kappa shape index (κ3) is 9.71. The zero-order chi connectivity index (χ0) is 12.5. The van der Waals surface area contributed by atoms with Gasteiger partial charge in [0.1, 0.15) is 8.15 Å². The molecule has 19 heavy (non-hydrogen) atoms. The monoisotopic (exact) mass is 460 g/mol. The first-order valence-corrected chi connectivity index (χ1v) is 8.62. The first-order chi connectivity index (χ1) is 8.24. The Kier molecular flexibility index (Phi) is 15.0. The third-order valence-corrected chi connectivity index (χ3v) is 3.55. The van der Waals surface area contributed by atoms with E-state index >= 15 is 0 Å². The van der Waals surface area contributed by atoms with Crippen molar-refractivity contribution >= 4 is 8.15 Å². The molecule has 0 N–H and O–H groups in total. The largest absolute Gasteiger partial charge is 3.00 e. The fraction of sp³-hybridized carbons (Fsp3) is 0.533. The second kappa shape index (κ2) is 13.2. The summed E-state index contributed by atoms with van der Waals surface area (Å²) >= 11 is 0. The van der Waals surface area contributed by atoms with Crippen molar-refractivity contribution < 1.29 is 24.6 Å². The Hall–Kier alpha value is 0.219. The second-order valence-corrected chi connectivity index (χ2v) is 6.57. The van der Waals surface area contributed by atoms with Crippen LogP contribution in [0.25, 0.3) is 5.32 Å². The predicted molar refractivity (Wildman–Crippen MR) is 83.7 cm³/mol. The smallest absolute Gasteiger partial charge is 0.657 e. The van der Waals surface area contributed by atoms with Crippen molar-refractivity contribution in [3.05, 3.63) is 48.6 Å². The molecule has 0 aliphatic carbocycles. The van der Waals surface area contributed by atoms with Crippen LogP contribution in [0.5, 0.6) is 0 Å². The van der Waals surface area contributed by atoms with Gasteiger partial charge in [0.05, 0.1) is 20.4 Å². The van der Waals surface area contributed by atoms with Gasteiger partial charge < -0.3 is 12.7 Å². The molecule has 4 heteroatoms. The van der Waals surface area contributed by atoms with Crippen molar-refractivity contribution in [3.8, 4) is 0 Å². The van der Waals surface area contributed by atoms with Crippen LogP contribution in [0.1, 0.15) is 30.9 Å². The van der Waals surface area contributed by atoms with E-state index in [1.165, 1.54) is 24.8 Å². The summed E-state index contributed by atoms with van der Waals surface area (Å²) in [5, 5.41) is 4.57. The minimum Gasteiger partial charge on any atom is -0.657 e. The maximum atomic E-state index is 4.85. The Morgan fingerprint density at radius 3 is 2.42 bits per heavy atom. The SMILES string of the molecule is CO[PH+](C)C.[CH3-].[Ir+3].[c-]1ccccc1C1CCCC[N-]1. The summed E-state index contributed by atoms with van der Waals surface area (Å²) < 4.78 is 4.85. The van der Waals surface area contributed by atoms with Crippen molar-refractivity contribution in [2.75, 3.05) is 27.0 Å². The molecule has 2 nitrogen and oxygen atoms in total. The van der Waals surface area contributed by atoms with Crippen LogP contribution in [0.15, 0.2) is 24.3 Å². The maximum absolute atomic E-state index is 4.85. The molecule has 0 radical (unpaired) electrons. The molecule has 1 saturated heterocycles. The van der Waals surface area contributed by atoms with Crippen molar-refractivity contribution in [1.82, 2.24) is 0 Å². The zero-order valence-electron chi connectivity index (χ0n) is 12.4. The van der Waals surface area contributed by atoms with Crippen LogP contribution in [0.4, 0.5) is 0 Å². The topological polar surface area (TPSA) is 23.3 Å². The molecule has 1 aliphatic rings. The third-order valence-electron chi connectivity index (χ3n) is 2.74. The Bertz CT molecular complexity index is 289. The number of rotatable bonds is 2. The van der Waals surface area contributed by atoms with Crippen LogP contribution in [0, 0.1) is 13.5 Å². The van der Waals surface area contributed by atoms with Crippen molar-refractivity contribution in [2.24, 2.45) is 0 Å².